The highest BCUT2D eigenvalue weighted by molar-refractivity contribution is 6.05. The molecule has 0 aliphatic carbocycles. The summed E-state index contributed by atoms with van der Waals surface area (Å²) in [5, 5.41) is 2.85. The van der Waals surface area contributed by atoms with E-state index < -0.39 is 0 Å². The van der Waals surface area contributed by atoms with Gasteiger partial charge in [0.15, 0.2) is 0 Å². The average molecular weight is 388 g/mol. The maximum Gasteiger partial charge on any atom is 0.255 e. The predicted molar refractivity (Wildman–Crippen MR) is 115 cm³/mol. The maximum atomic E-state index is 12.7. The first-order chi connectivity index (χ1) is 14.1. The number of nitrogens with zero attached hydrogens (tertiary/aromatic N) is 1. The first-order valence-electron chi connectivity index (χ1n) is 9.64. The van der Waals surface area contributed by atoms with Crippen molar-refractivity contribution in [2.45, 2.75) is 13.8 Å². The molecule has 0 aliphatic heterocycles. The van der Waals surface area contributed by atoms with Crippen LogP contribution in [-0.2, 0) is 0 Å². The van der Waals surface area contributed by atoms with Gasteiger partial charge in [0.1, 0.15) is 11.5 Å². The van der Waals surface area contributed by atoms with E-state index in [1.165, 1.54) is 0 Å². The fraction of sp³-hybridized carbons (Fsp3) is 0.167. The highest BCUT2D eigenvalue weighted by Gasteiger charge is 2.14. The molecule has 3 aromatic carbocycles. The van der Waals surface area contributed by atoms with Gasteiger partial charge >= 0.3 is 0 Å². The number of carbonyl (C=O) groups is 2. The Hall–Kier alpha value is -3.60. The average Bonchev–Trinajstić information content (AvgIpc) is 2.75. The summed E-state index contributed by atoms with van der Waals surface area (Å²) in [4.78, 5) is 27.0. The van der Waals surface area contributed by atoms with Crippen molar-refractivity contribution in [2.24, 2.45) is 0 Å². The van der Waals surface area contributed by atoms with Crippen LogP contribution in [0.4, 0.5) is 5.69 Å². The monoisotopic (exact) mass is 388 g/mol. The van der Waals surface area contributed by atoms with Gasteiger partial charge in [-0.1, -0.05) is 30.3 Å². The molecular formula is C24H24N2O3. The molecule has 0 spiro atoms. The number of ether oxygens (including phenoxy) is 1. The van der Waals surface area contributed by atoms with Crippen molar-refractivity contribution < 1.29 is 14.3 Å². The van der Waals surface area contributed by atoms with Gasteiger partial charge in [0.2, 0.25) is 0 Å². The van der Waals surface area contributed by atoms with Crippen LogP contribution in [0.2, 0.25) is 0 Å². The Labute approximate surface area is 170 Å². The Morgan fingerprint density at radius 2 is 1.45 bits per heavy atom. The summed E-state index contributed by atoms with van der Waals surface area (Å²) in [6.07, 6.45) is 0. The number of hydrogen-bond donors (Lipinski definition) is 1. The van der Waals surface area contributed by atoms with E-state index in [-0.39, 0.29) is 11.8 Å². The molecule has 2 amide bonds. The summed E-state index contributed by atoms with van der Waals surface area (Å²) in [5.41, 5.74) is 1.59. The molecule has 0 atom stereocenters. The molecule has 0 heterocycles. The van der Waals surface area contributed by atoms with Gasteiger partial charge in [0.05, 0.1) is 0 Å². The first-order valence-corrected chi connectivity index (χ1v) is 9.64. The summed E-state index contributed by atoms with van der Waals surface area (Å²) < 4.78 is 5.79. The fourth-order valence-electron chi connectivity index (χ4n) is 2.95. The predicted octanol–water partition coefficient (Wildman–Crippen LogP) is 5.21. The summed E-state index contributed by atoms with van der Waals surface area (Å²) >= 11 is 0. The minimum atomic E-state index is -0.268. The molecular weight excluding hydrogens is 364 g/mol. The van der Waals surface area contributed by atoms with Crippen molar-refractivity contribution in [3.05, 3.63) is 90.0 Å². The van der Waals surface area contributed by atoms with Crippen LogP contribution in [0.25, 0.3) is 0 Å². The second-order valence-electron chi connectivity index (χ2n) is 6.46. The van der Waals surface area contributed by atoms with Gasteiger partial charge in [0.25, 0.3) is 11.8 Å². The van der Waals surface area contributed by atoms with Gasteiger partial charge < -0.3 is 15.0 Å². The van der Waals surface area contributed by atoms with Crippen LogP contribution in [0.1, 0.15) is 34.6 Å². The second-order valence-corrected chi connectivity index (χ2v) is 6.46. The lowest BCUT2D eigenvalue weighted by atomic mass is 10.1. The SMILES string of the molecule is CCN(CC)C(=O)c1cccc(NC(=O)c2cccc(Oc3ccccc3)c2)c1. The molecule has 0 aliphatic rings. The van der Waals surface area contributed by atoms with E-state index in [1.54, 1.807) is 53.4 Å². The summed E-state index contributed by atoms with van der Waals surface area (Å²) in [6, 6.07) is 23.4. The van der Waals surface area contributed by atoms with Crippen molar-refractivity contribution in [3.8, 4) is 11.5 Å². The smallest absolute Gasteiger partial charge is 0.255 e. The van der Waals surface area contributed by atoms with Crippen LogP contribution in [-0.4, -0.2) is 29.8 Å². The number of benzene rings is 3. The molecule has 0 saturated heterocycles. The molecule has 29 heavy (non-hydrogen) atoms. The normalized spacial score (nSPS) is 10.3. The number of carbonyl (C=O) groups excluding carboxylic acids is 2. The van der Waals surface area contributed by atoms with Crippen LogP contribution >= 0.6 is 0 Å². The van der Waals surface area contributed by atoms with Gasteiger partial charge in [-0.3, -0.25) is 9.59 Å². The van der Waals surface area contributed by atoms with Crippen LogP contribution in [0.5, 0.6) is 11.5 Å². The molecule has 0 bridgehead atoms. The quantitative estimate of drug-likeness (QED) is 0.604. The highest BCUT2D eigenvalue weighted by Crippen LogP contribution is 2.22. The van der Waals surface area contributed by atoms with Gasteiger partial charge in [0, 0.05) is 29.9 Å². The Morgan fingerprint density at radius 1 is 0.793 bits per heavy atom. The Balaban J connectivity index is 1.73. The third kappa shape index (κ3) is 5.23. The lowest BCUT2D eigenvalue weighted by Crippen LogP contribution is -2.30. The molecule has 1 N–H and O–H groups in total. The van der Waals surface area contributed by atoms with Crippen molar-refractivity contribution in [3.63, 3.8) is 0 Å². The Morgan fingerprint density at radius 3 is 2.17 bits per heavy atom. The third-order valence-electron chi connectivity index (χ3n) is 4.49. The fourth-order valence-corrected chi connectivity index (χ4v) is 2.95. The number of nitrogens with one attached hydrogen (secondary N) is 1. The summed E-state index contributed by atoms with van der Waals surface area (Å²) in [5.74, 6) is 0.960. The highest BCUT2D eigenvalue weighted by atomic mass is 16.5. The zero-order valence-electron chi connectivity index (χ0n) is 16.6. The van der Waals surface area contributed by atoms with E-state index >= 15 is 0 Å². The molecule has 0 aromatic heterocycles. The van der Waals surface area contributed by atoms with Crippen molar-refractivity contribution in [1.29, 1.82) is 0 Å². The van der Waals surface area contributed by atoms with Gasteiger partial charge in [-0.2, -0.15) is 0 Å². The minimum Gasteiger partial charge on any atom is -0.457 e. The van der Waals surface area contributed by atoms with Crippen LogP contribution in [0, 0.1) is 0 Å². The van der Waals surface area contributed by atoms with Crippen LogP contribution in [0.3, 0.4) is 0 Å². The molecule has 0 fully saturated rings. The Kier molecular flexibility index (Phi) is 6.63. The van der Waals surface area contributed by atoms with Crippen molar-refractivity contribution in [2.75, 3.05) is 18.4 Å². The van der Waals surface area contributed by atoms with Crippen LogP contribution < -0.4 is 10.1 Å². The molecule has 0 saturated carbocycles. The Bertz CT molecular complexity index is 982. The number of anilines is 1. The van der Waals surface area contributed by atoms with Crippen molar-refractivity contribution in [1.82, 2.24) is 4.90 Å². The number of hydrogen-bond acceptors (Lipinski definition) is 3. The van der Waals surface area contributed by atoms with E-state index in [9.17, 15) is 9.59 Å². The molecule has 5 heteroatoms. The summed E-state index contributed by atoms with van der Waals surface area (Å²) in [7, 11) is 0. The molecule has 0 radical (unpaired) electrons. The topological polar surface area (TPSA) is 58.6 Å². The third-order valence-corrected chi connectivity index (χ3v) is 4.49. The van der Waals surface area contributed by atoms with Gasteiger partial charge in [-0.25, -0.2) is 0 Å². The molecule has 148 valence electrons. The lowest BCUT2D eigenvalue weighted by molar-refractivity contribution is 0.0772. The van der Waals surface area contributed by atoms with E-state index in [0.717, 1.165) is 0 Å². The summed E-state index contributed by atoms with van der Waals surface area (Å²) in [6.45, 7) is 5.16. The number of rotatable bonds is 7. The molecule has 3 aromatic rings. The van der Waals surface area contributed by atoms with Gasteiger partial charge in [-0.15, -0.1) is 0 Å². The first kappa shape index (κ1) is 20.1. The largest absolute Gasteiger partial charge is 0.457 e. The lowest BCUT2D eigenvalue weighted by Gasteiger charge is -2.19. The standard InChI is InChI=1S/C24H24N2O3/c1-3-26(4-2)24(28)19-11-8-12-20(16-19)25-23(27)18-10-9-15-22(17-18)29-21-13-6-5-7-14-21/h5-17H,3-4H2,1-2H3,(H,25,27). The number of amides is 2. The van der Waals surface area contributed by atoms with Crippen LogP contribution in [0.15, 0.2) is 78.9 Å². The van der Waals surface area contributed by atoms with E-state index in [1.807, 2.05) is 44.2 Å². The molecule has 3 rings (SSSR count). The van der Waals surface area contributed by atoms with E-state index in [4.69, 9.17) is 4.74 Å². The zero-order chi connectivity index (χ0) is 20.6. The van der Waals surface area contributed by atoms with E-state index in [2.05, 4.69) is 5.32 Å². The van der Waals surface area contributed by atoms with E-state index in [0.29, 0.717) is 41.4 Å². The molecule has 5 nitrogen and oxygen atoms in total. The van der Waals surface area contributed by atoms with Gasteiger partial charge in [-0.05, 0) is 62.4 Å². The molecule has 0 unspecified atom stereocenters. The van der Waals surface area contributed by atoms with Crippen molar-refractivity contribution >= 4 is 17.5 Å². The number of para-hydroxylation sites is 1. The maximum absolute atomic E-state index is 12.7. The second kappa shape index (κ2) is 9.55. The zero-order valence-corrected chi connectivity index (χ0v) is 16.6. The minimum absolute atomic E-state index is 0.0515.